The van der Waals surface area contributed by atoms with E-state index in [4.69, 9.17) is 27.9 Å². The molecule has 0 saturated carbocycles. The zero-order valence-corrected chi connectivity index (χ0v) is 16.2. The summed E-state index contributed by atoms with van der Waals surface area (Å²) in [7, 11) is 0. The molecule has 0 bridgehead atoms. The summed E-state index contributed by atoms with van der Waals surface area (Å²) >= 11 is 12.2. The largest absolute Gasteiger partial charge is 0.416 e. The molecule has 0 radical (unpaired) electrons. The fraction of sp³-hybridized carbons (Fsp3) is 0.471. The van der Waals surface area contributed by atoms with E-state index in [9.17, 15) is 26.3 Å². The molecule has 4 nitrogen and oxygen atoms in total. The van der Waals surface area contributed by atoms with E-state index in [1.54, 1.807) is 0 Å². The maximum atomic E-state index is 13.1. The molecule has 160 valence electrons. The van der Waals surface area contributed by atoms with Gasteiger partial charge in [-0.15, -0.1) is 0 Å². The smallest absolute Gasteiger partial charge is 0.379 e. The Kier molecular flexibility index (Phi) is 6.38. The van der Waals surface area contributed by atoms with Gasteiger partial charge in [-0.05, 0) is 23.8 Å². The minimum atomic E-state index is -4.93. The molecule has 1 atom stereocenters. The Bertz CT molecular complexity index is 786. The molecule has 1 unspecified atom stereocenters. The lowest BCUT2D eigenvalue weighted by atomic mass is 10.0. The predicted molar refractivity (Wildman–Crippen MR) is 95.4 cm³/mol. The first-order chi connectivity index (χ1) is 13.4. The van der Waals surface area contributed by atoms with Crippen LogP contribution in [0, 0.1) is 0 Å². The van der Waals surface area contributed by atoms with Crippen LogP contribution < -0.4 is 0 Å². The third-order valence-corrected chi connectivity index (χ3v) is 4.94. The van der Waals surface area contributed by atoms with Crippen molar-refractivity contribution >= 4 is 28.4 Å². The third kappa shape index (κ3) is 5.36. The van der Waals surface area contributed by atoms with Crippen molar-refractivity contribution in [2.45, 2.75) is 25.2 Å². The number of ether oxygens (including phenoxy) is 1. The molecule has 2 heterocycles. The van der Waals surface area contributed by atoms with Crippen LogP contribution in [-0.4, -0.2) is 47.6 Å². The molecule has 0 aliphatic carbocycles. The first-order valence-corrected chi connectivity index (χ1v) is 9.18. The fourth-order valence-corrected chi connectivity index (χ4v) is 3.56. The first kappa shape index (κ1) is 22.2. The number of rotatable bonds is 3. The number of allylic oxidation sites excluding steroid dienone is 1. The van der Waals surface area contributed by atoms with Gasteiger partial charge in [-0.3, -0.25) is 4.90 Å². The molecular formula is C17H15Cl2F6N3O. The predicted octanol–water partition coefficient (Wildman–Crippen LogP) is 4.87. The van der Waals surface area contributed by atoms with Gasteiger partial charge >= 0.3 is 12.4 Å². The summed E-state index contributed by atoms with van der Waals surface area (Å²) < 4.78 is 84.0. The van der Waals surface area contributed by atoms with Crippen LogP contribution in [0.3, 0.4) is 0 Å². The van der Waals surface area contributed by atoms with Crippen LogP contribution in [-0.2, 0) is 23.6 Å². The molecule has 1 aromatic rings. The lowest BCUT2D eigenvalue weighted by molar-refractivity contribution is -0.143. The highest BCUT2D eigenvalue weighted by molar-refractivity contribution is 6.69. The van der Waals surface area contributed by atoms with Gasteiger partial charge in [-0.2, -0.15) is 26.3 Å². The van der Waals surface area contributed by atoms with Crippen molar-refractivity contribution in [3.63, 3.8) is 0 Å². The Balaban J connectivity index is 1.96. The van der Waals surface area contributed by atoms with E-state index in [-0.39, 0.29) is 28.5 Å². The highest BCUT2D eigenvalue weighted by atomic mass is 35.5. The van der Waals surface area contributed by atoms with E-state index >= 15 is 0 Å². The number of alkyl halides is 6. The van der Waals surface area contributed by atoms with Gasteiger partial charge in [0.15, 0.2) is 6.29 Å². The van der Waals surface area contributed by atoms with Crippen molar-refractivity contribution in [2.75, 3.05) is 26.3 Å². The van der Waals surface area contributed by atoms with Crippen LogP contribution >= 0.6 is 23.2 Å². The minimum absolute atomic E-state index is 0.0625. The number of morpholine rings is 1. The lowest BCUT2D eigenvalue weighted by Crippen LogP contribution is -2.51. The Morgan fingerprint density at radius 2 is 1.52 bits per heavy atom. The summed E-state index contributed by atoms with van der Waals surface area (Å²) in [5, 5.41) is 0.148. The number of benzene rings is 1. The quantitative estimate of drug-likeness (QED) is 0.474. The van der Waals surface area contributed by atoms with Gasteiger partial charge < -0.3 is 9.64 Å². The highest BCUT2D eigenvalue weighted by Gasteiger charge is 2.38. The van der Waals surface area contributed by atoms with E-state index in [0.29, 0.717) is 38.4 Å². The topological polar surface area (TPSA) is 28.1 Å². The first-order valence-electron chi connectivity index (χ1n) is 8.42. The zero-order chi connectivity index (χ0) is 21.4. The van der Waals surface area contributed by atoms with E-state index in [1.165, 1.54) is 11.0 Å². The third-order valence-electron chi connectivity index (χ3n) is 4.40. The molecule has 0 spiro atoms. The van der Waals surface area contributed by atoms with Crippen molar-refractivity contribution in [3.8, 4) is 0 Å². The Labute approximate surface area is 172 Å². The van der Waals surface area contributed by atoms with Crippen molar-refractivity contribution < 1.29 is 31.1 Å². The Morgan fingerprint density at radius 1 is 0.966 bits per heavy atom. The van der Waals surface area contributed by atoms with Gasteiger partial charge in [-0.1, -0.05) is 23.2 Å². The lowest BCUT2D eigenvalue weighted by Gasteiger charge is -2.41. The maximum absolute atomic E-state index is 13.1. The molecular weight excluding hydrogens is 447 g/mol. The van der Waals surface area contributed by atoms with Crippen LogP contribution in [0.15, 0.2) is 34.4 Å². The van der Waals surface area contributed by atoms with Gasteiger partial charge in [0, 0.05) is 25.7 Å². The summed E-state index contributed by atoms with van der Waals surface area (Å²) in [4.78, 5) is 7.48. The van der Waals surface area contributed by atoms with E-state index in [2.05, 4.69) is 4.99 Å². The average Bonchev–Trinajstić information content (AvgIpc) is 2.63. The van der Waals surface area contributed by atoms with Crippen molar-refractivity contribution in [3.05, 3.63) is 46.1 Å². The fourth-order valence-electron chi connectivity index (χ4n) is 3.06. The molecule has 1 saturated heterocycles. The highest BCUT2D eigenvalue weighted by Crippen LogP contribution is 2.37. The van der Waals surface area contributed by atoms with E-state index in [1.807, 2.05) is 4.90 Å². The average molecular weight is 462 g/mol. The van der Waals surface area contributed by atoms with Crippen molar-refractivity contribution in [1.29, 1.82) is 0 Å². The van der Waals surface area contributed by atoms with E-state index < -0.39 is 29.8 Å². The van der Waals surface area contributed by atoms with Crippen molar-refractivity contribution in [1.82, 2.24) is 9.80 Å². The second-order valence-electron chi connectivity index (χ2n) is 6.46. The summed E-state index contributed by atoms with van der Waals surface area (Å²) in [6.07, 6.45) is -9.34. The van der Waals surface area contributed by atoms with Crippen LogP contribution in [0.5, 0.6) is 0 Å². The molecule has 1 fully saturated rings. The number of hydrogen-bond acceptors (Lipinski definition) is 4. The second kappa shape index (κ2) is 8.33. The number of nitrogens with zero attached hydrogens (tertiary/aromatic N) is 3. The summed E-state index contributed by atoms with van der Waals surface area (Å²) in [6, 6.07) is 1.44. The molecule has 0 amide bonds. The number of halogens is 8. The molecule has 29 heavy (non-hydrogen) atoms. The molecule has 12 heteroatoms. The minimum Gasteiger partial charge on any atom is -0.379 e. The van der Waals surface area contributed by atoms with Gasteiger partial charge in [-0.25, -0.2) is 4.99 Å². The maximum Gasteiger partial charge on any atom is 0.416 e. The normalized spacial score (nSPS) is 21.8. The van der Waals surface area contributed by atoms with Crippen LogP contribution in [0.4, 0.5) is 26.3 Å². The van der Waals surface area contributed by atoms with Crippen molar-refractivity contribution in [2.24, 2.45) is 4.99 Å². The van der Waals surface area contributed by atoms with Crippen LogP contribution in [0.1, 0.15) is 16.7 Å². The summed E-state index contributed by atoms with van der Waals surface area (Å²) in [6.45, 7) is 1.39. The number of hydrogen-bond donors (Lipinski definition) is 0. The van der Waals surface area contributed by atoms with Gasteiger partial charge in [0.05, 0.1) is 24.3 Å². The molecule has 0 aromatic heterocycles. The van der Waals surface area contributed by atoms with Gasteiger partial charge in [0.2, 0.25) is 0 Å². The summed E-state index contributed by atoms with van der Waals surface area (Å²) in [5.74, 6) is 0. The standard InChI is InChI=1S/C17H15Cl2F6N3O/c18-13-8-14(19)28(15(26-13)27-1-3-29-4-2-27)9-10-5-11(16(20,21)22)7-12(6-10)17(23,24)25/h5-8,15H,1-4,9H2. The van der Waals surface area contributed by atoms with Gasteiger partial charge in [0.25, 0.3) is 0 Å². The summed E-state index contributed by atoms with van der Waals surface area (Å²) in [5.41, 5.74) is -2.97. The van der Waals surface area contributed by atoms with E-state index in [0.717, 1.165) is 0 Å². The van der Waals surface area contributed by atoms with Crippen LogP contribution in [0.2, 0.25) is 0 Å². The molecule has 0 N–H and O–H groups in total. The van der Waals surface area contributed by atoms with Crippen LogP contribution in [0.25, 0.3) is 0 Å². The SMILES string of the molecule is FC(F)(F)c1cc(CN2C(Cl)=CC(Cl)=NC2N2CCOCC2)cc(C(F)(F)F)c1. The molecule has 1 aromatic carbocycles. The monoisotopic (exact) mass is 461 g/mol. The Hall–Kier alpha value is -1.49. The Morgan fingerprint density at radius 3 is 2.03 bits per heavy atom. The molecule has 3 rings (SSSR count). The van der Waals surface area contributed by atoms with Gasteiger partial charge in [0.1, 0.15) is 10.3 Å². The molecule has 2 aliphatic heterocycles. The second-order valence-corrected chi connectivity index (χ2v) is 7.23. The number of aliphatic imine (C=N–C) groups is 1. The molecule has 2 aliphatic rings. The zero-order valence-electron chi connectivity index (χ0n) is 14.7.